The number of hydrogen-bond donors (Lipinski definition) is 4. The molecule has 0 spiro atoms. The molecule has 2 aromatic carbocycles. The molecular weight excluding hydrogens is 520 g/mol. The van der Waals surface area contributed by atoms with E-state index < -0.39 is 53.4 Å². The second-order valence-corrected chi connectivity index (χ2v) is 11.5. The first-order chi connectivity index (χ1) is 19.0. The van der Waals surface area contributed by atoms with Crippen molar-refractivity contribution in [3.63, 3.8) is 0 Å². The van der Waals surface area contributed by atoms with Gasteiger partial charge in [-0.1, -0.05) is 36.4 Å². The largest absolute Gasteiger partial charge is 0.451 e. The third-order valence-corrected chi connectivity index (χ3v) is 8.51. The van der Waals surface area contributed by atoms with Crippen LogP contribution in [0.25, 0.3) is 22.1 Å². The molecule has 1 aromatic heterocycles. The lowest BCUT2D eigenvalue weighted by Crippen LogP contribution is -2.62. The lowest BCUT2D eigenvalue weighted by atomic mass is 9.78. The number of hydrogen-bond acceptors (Lipinski definition) is 6. The second kappa shape index (κ2) is 9.11. The average molecular weight is 550 g/mol. The number of nitrogens with one attached hydrogen (secondary N) is 2. The van der Waals surface area contributed by atoms with Crippen molar-refractivity contribution in [3.8, 4) is 17.2 Å². The number of rotatable bonds is 7. The van der Waals surface area contributed by atoms with Crippen LogP contribution in [0.1, 0.15) is 73.6 Å². The summed E-state index contributed by atoms with van der Waals surface area (Å²) in [5, 5.41) is 35.9. The first-order valence-electron chi connectivity index (χ1n) is 13.4. The zero-order valence-corrected chi connectivity index (χ0v) is 21.7. The van der Waals surface area contributed by atoms with Gasteiger partial charge in [0, 0.05) is 18.2 Å². The van der Waals surface area contributed by atoms with Crippen molar-refractivity contribution in [2.45, 2.75) is 80.1 Å². The summed E-state index contributed by atoms with van der Waals surface area (Å²) in [5.74, 6) is -4.31. The first-order valence-corrected chi connectivity index (χ1v) is 13.4. The van der Waals surface area contributed by atoms with Crippen LogP contribution in [0.2, 0.25) is 0 Å². The predicted octanol–water partition coefficient (Wildman–Crippen LogP) is 4.51. The molecule has 1 unspecified atom stereocenters. The highest BCUT2D eigenvalue weighted by Crippen LogP contribution is 2.46. The molecular formula is C30H29F2N3O5. The fourth-order valence-electron chi connectivity index (χ4n) is 5.35. The van der Waals surface area contributed by atoms with E-state index in [1.807, 2.05) is 18.2 Å². The van der Waals surface area contributed by atoms with Gasteiger partial charge >= 0.3 is 0 Å². The molecule has 10 heteroatoms. The van der Waals surface area contributed by atoms with Crippen LogP contribution in [0.3, 0.4) is 0 Å². The van der Waals surface area contributed by atoms with E-state index in [0.717, 1.165) is 11.1 Å². The normalized spacial score (nSPS) is 22.1. The summed E-state index contributed by atoms with van der Waals surface area (Å²) in [5.41, 5.74) is -0.923. The van der Waals surface area contributed by atoms with Gasteiger partial charge in [-0.25, -0.2) is 8.78 Å². The van der Waals surface area contributed by atoms with Crippen LogP contribution in [0.4, 0.5) is 8.78 Å². The molecule has 2 amide bonds. The Morgan fingerprint density at radius 2 is 1.55 bits per heavy atom. The SMILES string of the molecule is N#CC1(NC(=O)C2(NC(=O)c3cc4ccc(-c5ccc(C(O)C6(O)CC6)cc5)cc4o3)CCC(F)(F)CC2)CC1. The van der Waals surface area contributed by atoms with Gasteiger partial charge in [0.15, 0.2) is 5.76 Å². The quantitative estimate of drug-likeness (QED) is 0.343. The molecule has 4 N–H and O–H groups in total. The molecule has 1 heterocycles. The van der Waals surface area contributed by atoms with Gasteiger partial charge < -0.3 is 25.3 Å². The third kappa shape index (κ3) is 4.84. The fourth-order valence-corrected chi connectivity index (χ4v) is 5.35. The monoisotopic (exact) mass is 549 g/mol. The Morgan fingerprint density at radius 3 is 2.15 bits per heavy atom. The fraction of sp³-hybridized carbons (Fsp3) is 0.433. The Balaban J connectivity index is 1.22. The van der Waals surface area contributed by atoms with Gasteiger partial charge in [-0.2, -0.15) is 5.26 Å². The Kier molecular flexibility index (Phi) is 6.02. The standard InChI is InChI=1S/C30H29F2N3O5/c31-30(32)13-9-28(10-14-30,26(38)35-27(17-33)7-8-27)34-25(37)23-16-21-6-5-20(15-22(21)40-23)18-1-3-19(4-2-18)24(36)29(39)11-12-29/h1-6,15-16,24,36,39H,7-14H2,(H,34,37)(H,35,38). The number of nitrogens with zero attached hydrogens (tertiary/aromatic N) is 1. The smallest absolute Gasteiger partial charge is 0.287 e. The Bertz CT molecular complexity index is 1520. The van der Waals surface area contributed by atoms with Gasteiger partial charge in [-0.05, 0) is 67.3 Å². The van der Waals surface area contributed by atoms with Gasteiger partial charge in [0.25, 0.3) is 5.91 Å². The Hall–Kier alpha value is -3.81. The van der Waals surface area contributed by atoms with Crippen LogP contribution in [-0.4, -0.2) is 44.6 Å². The van der Waals surface area contributed by atoms with E-state index in [-0.39, 0.29) is 18.6 Å². The van der Waals surface area contributed by atoms with E-state index in [0.29, 0.717) is 42.2 Å². The van der Waals surface area contributed by atoms with Crippen LogP contribution < -0.4 is 10.6 Å². The summed E-state index contributed by atoms with van der Waals surface area (Å²) >= 11 is 0. The van der Waals surface area contributed by atoms with Crippen molar-refractivity contribution in [3.05, 3.63) is 59.9 Å². The molecule has 3 fully saturated rings. The summed E-state index contributed by atoms with van der Waals surface area (Å²) in [6.07, 6.45) is -0.473. The Labute approximate surface area is 229 Å². The predicted molar refractivity (Wildman–Crippen MR) is 140 cm³/mol. The highest BCUT2D eigenvalue weighted by atomic mass is 19.3. The number of benzene rings is 2. The van der Waals surface area contributed by atoms with Crippen LogP contribution in [-0.2, 0) is 4.79 Å². The third-order valence-electron chi connectivity index (χ3n) is 8.51. The number of furan rings is 1. The van der Waals surface area contributed by atoms with E-state index in [2.05, 4.69) is 16.7 Å². The summed E-state index contributed by atoms with van der Waals surface area (Å²) in [6, 6.07) is 16.2. The molecule has 3 aliphatic carbocycles. The van der Waals surface area contributed by atoms with Crippen molar-refractivity contribution >= 4 is 22.8 Å². The summed E-state index contributed by atoms with van der Waals surface area (Å²) < 4.78 is 33.8. The van der Waals surface area contributed by atoms with Crippen molar-refractivity contribution in [1.82, 2.24) is 10.6 Å². The minimum absolute atomic E-state index is 0.0609. The molecule has 0 aliphatic heterocycles. The number of nitriles is 1. The zero-order chi connectivity index (χ0) is 28.3. The van der Waals surface area contributed by atoms with Gasteiger partial charge in [0.2, 0.25) is 11.8 Å². The van der Waals surface area contributed by atoms with Crippen LogP contribution in [0.5, 0.6) is 0 Å². The molecule has 208 valence electrons. The van der Waals surface area contributed by atoms with Gasteiger partial charge in [0.05, 0.1) is 11.7 Å². The summed E-state index contributed by atoms with van der Waals surface area (Å²) in [6.45, 7) is 0. The van der Waals surface area contributed by atoms with Crippen molar-refractivity contribution in [2.75, 3.05) is 0 Å². The van der Waals surface area contributed by atoms with Crippen LogP contribution >= 0.6 is 0 Å². The number of aliphatic hydroxyl groups is 2. The van der Waals surface area contributed by atoms with E-state index in [9.17, 15) is 33.8 Å². The van der Waals surface area contributed by atoms with Crippen LogP contribution in [0, 0.1) is 11.3 Å². The van der Waals surface area contributed by atoms with E-state index in [1.165, 1.54) is 6.07 Å². The maximum atomic E-state index is 14.0. The minimum Gasteiger partial charge on any atom is -0.451 e. The number of aliphatic hydroxyl groups excluding tert-OH is 1. The molecule has 40 heavy (non-hydrogen) atoms. The highest BCUT2D eigenvalue weighted by molar-refractivity contribution is 6.00. The number of amides is 2. The highest BCUT2D eigenvalue weighted by Gasteiger charge is 2.53. The first kappa shape index (κ1) is 26.4. The lowest BCUT2D eigenvalue weighted by Gasteiger charge is -2.39. The zero-order valence-electron chi connectivity index (χ0n) is 21.7. The number of fused-ring (bicyclic) bond motifs is 1. The van der Waals surface area contributed by atoms with Crippen molar-refractivity contribution in [2.24, 2.45) is 0 Å². The number of carbonyl (C=O) groups excluding carboxylic acids is 2. The number of halogens is 2. The average Bonchev–Trinajstić information content (AvgIpc) is 3.85. The minimum atomic E-state index is -2.93. The molecule has 8 nitrogen and oxygen atoms in total. The second-order valence-electron chi connectivity index (χ2n) is 11.5. The molecule has 3 saturated carbocycles. The molecule has 0 bridgehead atoms. The van der Waals surface area contributed by atoms with E-state index in [1.54, 1.807) is 24.3 Å². The number of carbonyl (C=O) groups is 2. The van der Waals surface area contributed by atoms with E-state index in [4.69, 9.17) is 4.42 Å². The van der Waals surface area contributed by atoms with Crippen molar-refractivity contribution < 1.29 is 33.0 Å². The number of alkyl halides is 2. The van der Waals surface area contributed by atoms with Gasteiger partial charge in [0.1, 0.15) is 22.8 Å². The summed E-state index contributed by atoms with van der Waals surface area (Å²) in [7, 11) is 0. The van der Waals surface area contributed by atoms with Crippen molar-refractivity contribution in [1.29, 1.82) is 5.26 Å². The van der Waals surface area contributed by atoms with Crippen LogP contribution in [0.15, 0.2) is 52.9 Å². The lowest BCUT2D eigenvalue weighted by molar-refractivity contribution is -0.133. The topological polar surface area (TPSA) is 136 Å². The molecule has 1 atom stereocenters. The molecule has 0 radical (unpaired) electrons. The maximum Gasteiger partial charge on any atom is 0.287 e. The molecule has 6 rings (SSSR count). The van der Waals surface area contributed by atoms with E-state index >= 15 is 0 Å². The summed E-state index contributed by atoms with van der Waals surface area (Å²) in [4.78, 5) is 26.5. The van der Waals surface area contributed by atoms with Gasteiger partial charge in [-0.15, -0.1) is 0 Å². The molecule has 0 saturated heterocycles. The Morgan fingerprint density at radius 1 is 0.900 bits per heavy atom. The molecule has 3 aromatic rings. The van der Waals surface area contributed by atoms with Gasteiger partial charge in [-0.3, -0.25) is 9.59 Å². The molecule has 3 aliphatic rings. The maximum absolute atomic E-state index is 14.0.